The Morgan fingerprint density at radius 2 is 1.95 bits per heavy atom. The number of aromatic nitrogens is 1. The molecule has 0 saturated carbocycles. The molecule has 106 valence electrons. The summed E-state index contributed by atoms with van der Waals surface area (Å²) in [5.41, 5.74) is 2.27. The van der Waals surface area contributed by atoms with Crippen LogP contribution in [0.3, 0.4) is 0 Å². The third kappa shape index (κ3) is 3.45. The van der Waals surface area contributed by atoms with Gasteiger partial charge in [0.25, 0.3) is 0 Å². The zero-order valence-corrected chi connectivity index (χ0v) is 13.6. The molecule has 0 amide bonds. The van der Waals surface area contributed by atoms with Crippen LogP contribution >= 0.6 is 15.9 Å². The normalized spacial score (nSPS) is 11.6. The highest BCUT2D eigenvalue weighted by Gasteiger charge is 2.17. The molecule has 0 aliphatic heterocycles. The fraction of sp³-hybridized carbons (Fsp3) is 0.214. The van der Waals surface area contributed by atoms with E-state index in [2.05, 4.69) is 25.6 Å². The van der Waals surface area contributed by atoms with Crippen molar-refractivity contribution in [3.8, 4) is 0 Å². The van der Waals surface area contributed by atoms with Crippen molar-refractivity contribution in [1.82, 2.24) is 9.71 Å². The van der Waals surface area contributed by atoms with E-state index in [4.69, 9.17) is 0 Å². The van der Waals surface area contributed by atoms with E-state index in [9.17, 15) is 8.42 Å². The minimum Gasteiger partial charge on any atom is -0.260 e. The molecule has 1 N–H and O–H groups in total. The molecule has 4 nitrogen and oxygen atoms in total. The minimum absolute atomic E-state index is 0.178. The van der Waals surface area contributed by atoms with Crippen LogP contribution in [0.2, 0.25) is 0 Å². The van der Waals surface area contributed by atoms with Crippen molar-refractivity contribution in [2.24, 2.45) is 0 Å². The Kier molecular flexibility index (Phi) is 4.57. The van der Waals surface area contributed by atoms with Crippen LogP contribution in [0.25, 0.3) is 0 Å². The Morgan fingerprint density at radius 1 is 1.20 bits per heavy atom. The number of halogens is 1. The summed E-state index contributed by atoms with van der Waals surface area (Å²) in [6, 6.07) is 8.87. The van der Waals surface area contributed by atoms with Gasteiger partial charge in [0.15, 0.2) is 0 Å². The molecule has 2 aromatic rings. The monoisotopic (exact) mass is 354 g/mol. The molecule has 0 aliphatic rings. The second-order valence-corrected chi connectivity index (χ2v) is 7.10. The summed E-state index contributed by atoms with van der Waals surface area (Å²) >= 11 is 3.40. The lowest BCUT2D eigenvalue weighted by Crippen LogP contribution is -2.24. The fourth-order valence-corrected chi connectivity index (χ4v) is 3.56. The fourth-order valence-electron chi connectivity index (χ4n) is 1.79. The van der Waals surface area contributed by atoms with Crippen molar-refractivity contribution >= 4 is 26.0 Å². The van der Waals surface area contributed by atoms with E-state index in [0.29, 0.717) is 16.2 Å². The summed E-state index contributed by atoms with van der Waals surface area (Å²) in [6.45, 7) is 3.82. The smallest absolute Gasteiger partial charge is 0.241 e. The summed E-state index contributed by atoms with van der Waals surface area (Å²) in [4.78, 5) is 4.40. The molecule has 0 fully saturated rings. The number of hydrogen-bond acceptors (Lipinski definition) is 3. The molecule has 0 spiro atoms. The molecule has 0 bridgehead atoms. The topological polar surface area (TPSA) is 59.1 Å². The number of nitrogens with one attached hydrogen (secondary N) is 1. The average molecular weight is 355 g/mol. The van der Waals surface area contributed by atoms with Crippen LogP contribution in [0.1, 0.15) is 16.8 Å². The SMILES string of the molecule is Cc1cc(S(=O)(=O)NCc2ccccn2)c(C)cc1Br. The predicted molar refractivity (Wildman–Crippen MR) is 81.9 cm³/mol. The number of sulfonamides is 1. The van der Waals surface area contributed by atoms with Gasteiger partial charge in [0, 0.05) is 10.7 Å². The largest absolute Gasteiger partial charge is 0.260 e. The van der Waals surface area contributed by atoms with Gasteiger partial charge in [0.05, 0.1) is 17.1 Å². The highest BCUT2D eigenvalue weighted by molar-refractivity contribution is 9.10. The molecule has 0 radical (unpaired) electrons. The summed E-state index contributed by atoms with van der Waals surface area (Å²) in [5, 5.41) is 0. The Morgan fingerprint density at radius 3 is 2.60 bits per heavy atom. The van der Waals surface area contributed by atoms with Crippen molar-refractivity contribution in [1.29, 1.82) is 0 Å². The highest BCUT2D eigenvalue weighted by atomic mass is 79.9. The van der Waals surface area contributed by atoms with Crippen molar-refractivity contribution in [3.05, 3.63) is 57.8 Å². The van der Waals surface area contributed by atoms with Gasteiger partial charge >= 0.3 is 0 Å². The first-order valence-electron chi connectivity index (χ1n) is 6.06. The summed E-state index contributed by atoms with van der Waals surface area (Å²) < 4.78 is 28.1. The van der Waals surface area contributed by atoms with Crippen molar-refractivity contribution in [3.63, 3.8) is 0 Å². The first-order valence-corrected chi connectivity index (χ1v) is 8.34. The lowest BCUT2D eigenvalue weighted by molar-refractivity contribution is 0.579. The van der Waals surface area contributed by atoms with Gasteiger partial charge in [-0.2, -0.15) is 0 Å². The second kappa shape index (κ2) is 6.03. The quantitative estimate of drug-likeness (QED) is 0.917. The van der Waals surface area contributed by atoms with Crippen LogP contribution in [0, 0.1) is 13.8 Å². The lowest BCUT2D eigenvalue weighted by Gasteiger charge is -2.11. The molecule has 20 heavy (non-hydrogen) atoms. The lowest BCUT2D eigenvalue weighted by atomic mass is 10.2. The zero-order valence-electron chi connectivity index (χ0n) is 11.2. The van der Waals surface area contributed by atoms with Gasteiger partial charge in [-0.1, -0.05) is 22.0 Å². The molecule has 2 rings (SSSR count). The molecule has 0 atom stereocenters. The molecule has 1 heterocycles. The van der Waals surface area contributed by atoms with Crippen LogP contribution in [0.4, 0.5) is 0 Å². The second-order valence-electron chi connectivity index (χ2n) is 4.51. The van der Waals surface area contributed by atoms with Gasteiger partial charge in [-0.3, -0.25) is 4.98 Å². The van der Waals surface area contributed by atoms with E-state index in [-0.39, 0.29) is 6.54 Å². The predicted octanol–water partition coefficient (Wildman–Crippen LogP) is 2.94. The van der Waals surface area contributed by atoms with E-state index >= 15 is 0 Å². The third-order valence-corrected chi connectivity index (χ3v) is 5.31. The molecule has 0 saturated heterocycles. The Bertz CT molecular complexity index is 715. The minimum atomic E-state index is -3.54. The van der Waals surface area contributed by atoms with E-state index in [0.717, 1.165) is 10.0 Å². The first kappa shape index (κ1) is 15.2. The van der Waals surface area contributed by atoms with Gasteiger partial charge < -0.3 is 0 Å². The van der Waals surface area contributed by atoms with E-state index in [1.807, 2.05) is 19.1 Å². The Labute approximate surface area is 127 Å². The molecule has 1 aromatic carbocycles. The average Bonchev–Trinajstić information content (AvgIpc) is 2.42. The third-order valence-electron chi connectivity index (χ3n) is 2.92. The van der Waals surface area contributed by atoms with Gasteiger partial charge in [-0.25, -0.2) is 13.1 Å². The maximum atomic E-state index is 12.3. The number of benzene rings is 1. The maximum absolute atomic E-state index is 12.3. The number of nitrogens with zero attached hydrogens (tertiary/aromatic N) is 1. The molecule has 0 aliphatic carbocycles. The molecule has 0 unspecified atom stereocenters. The Hall–Kier alpha value is -1.24. The van der Waals surface area contributed by atoms with E-state index in [1.54, 1.807) is 31.3 Å². The van der Waals surface area contributed by atoms with Crippen LogP contribution in [-0.2, 0) is 16.6 Å². The standard InChI is InChI=1S/C14H15BrN2O2S/c1-10-8-14(11(2)7-13(10)15)20(18,19)17-9-12-5-3-4-6-16-12/h3-8,17H,9H2,1-2H3. The van der Waals surface area contributed by atoms with Gasteiger partial charge in [0.1, 0.15) is 0 Å². The number of pyridine rings is 1. The summed E-state index contributed by atoms with van der Waals surface area (Å²) in [6.07, 6.45) is 1.64. The summed E-state index contributed by atoms with van der Waals surface area (Å²) in [5.74, 6) is 0. The van der Waals surface area contributed by atoms with E-state index in [1.165, 1.54) is 0 Å². The van der Waals surface area contributed by atoms with Crippen LogP contribution < -0.4 is 4.72 Å². The number of aryl methyl sites for hydroxylation is 2. The van der Waals surface area contributed by atoms with E-state index < -0.39 is 10.0 Å². The van der Waals surface area contributed by atoms with Crippen molar-refractivity contribution in [2.75, 3.05) is 0 Å². The molecular weight excluding hydrogens is 340 g/mol. The molecule has 1 aromatic heterocycles. The molecule has 6 heteroatoms. The van der Waals surface area contributed by atoms with Crippen LogP contribution in [0.15, 0.2) is 45.9 Å². The highest BCUT2D eigenvalue weighted by Crippen LogP contribution is 2.24. The number of hydrogen-bond donors (Lipinski definition) is 1. The Balaban J connectivity index is 2.25. The molecular formula is C14H15BrN2O2S. The van der Waals surface area contributed by atoms with Gasteiger partial charge in [-0.05, 0) is 49.2 Å². The number of rotatable bonds is 4. The van der Waals surface area contributed by atoms with Crippen molar-refractivity contribution < 1.29 is 8.42 Å². The summed E-state index contributed by atoms with van der Waals surface area (Å²) in [7, 11) is -3.54. The zero-order chi connectivity index (χ0) is 14.8. The van der Waals surface area contributed by atoms with Gasteiger partial charge in [-0.15, -0.1) is 0 Å². The van der Waals surface area contributed by atoms with Crippen molar-refractivity contribution in [2.45, 2.75) is 25.3 Å². The first-order chi connectivity index (χ1) is 9.40. The van der Waals surface area contributed by atoms with Crippen LogP contribution in [-0.4, -0.2) is 13.4 Å². The van der Waals surface area contributed by atoms with Crippen LogP contribution in [0.5, 0.6) is 0 Å². The maximum Gasteiger partial charge on any atom is 0.241 e. The van der Waals surface area contributed by atoms with Gasteiger partial charge in [0.2, 0.25) is 10.0 Å².